The number of carboxylic acids is 1. The fourth-order valence-corrected chi connectivity index (χ4v) is 2.01. The molecule has 0 spiro atoms. The van der Waals surface area contributed by atoms with Crippen molar-refractivity contribution in [3.05, 3.63) is 23.9 Å². The first kappa shape index (κ1) is 11.4. The minimum atomic E-state index is -0.908. The fraction of sp³-hybridized carbons (Fsp3) is 0.333. The highest BCUT2D eigenvalue weighted by atomic mass is 16.4. The number of carbonyl (C=O) groups is 1. The molecule has 0 amide bonds. The summed E-state index contributed by atoms with van der Waals surface area (Å²) in [4.78, 5) is 13.2. The van der Waals surface area contributed by atoms with Crippen LogP contribution in [0, 0.1) is 0 Å². The highest BCUT2D eigenvalue weighted by molar-refractivity contribution is 6.00. The molecule has 0 radical (unpaired) electrons. The largest absolute Gasteiger partial charge is 0.473 e. The molecule has 17 heavy (non-hydrogen) atoms. The molecule has 0 aliphatic rings. The zero-order valence-electron chi connectivity index (χ0n) is 10.4. The maximum Gasteiger partial charge on any atom is 0.404 e. The summed E-state index contributed by atoms with van der Waals surface area (Å²) in [7, 11) is 7.47. The summed E-state index contributed by atoms with van der Waals surface area (Å²) in [6.45, 7) is 0. The Balaban J connectivity index is 2.83. The monoisotopic (exact) mass is 234 g/mol. The second-order valence-electron chi connectivity index (χ2n) is 4.30. The molecule has 2 aromatic rings. The molecule has 5 nitrogen and oxygen atoms in total. The Morgan fingerprint density at radius 1 is 1.41 bits per heavy atom. The van der Waals surface area contributed by atoms with Crippen LogP contribution in [-0.4, -0.2) is 29.9 Å². The van der Waals surface area contributed by atoms with Crippen molar-refractivity contribution in [2.24, 2.45) is 14.1 Å². The number of hydrogen-bond acceptors (Lipinski definition) is 2. The molecule has 0 fully saturated rings. The Labute approximate surface area is 99.5 Å². The molecule has 1 N–H and O–H groups in total. The van der Waals surface area contributed by atoms with Crippen molar-refractivity contribution in [3.63, 3.8) is 0 Å². The molecule has 90 valence electrons. The summed E-state index contributed by atoms with van der Waals surface area (Å²) in [5, 5.41) is 10.0. The van der Waals surface area contributed by atoms with Crippen molar-refractivity contribution >= 4 is 22.6 Å². The predicted molar refractivity (Wildman–Crippen MR) is 65.4 cm³/mol. The molecule has 5 heteroatoms. The van der Waals surface area contributed by atoms with Gasteiger partial charge in [0.1, 0.15) is 5.52 Å². The first-order chi connectivity index (χ1) is 7.93. The molecule has 0 unspecified atom stereocenters. The van der Waals surface area contributed by atoms with E-state index in [0.717, 1.165) is 16.6 Å². The quantitative estimate of drug-likeness (QED) is 0.781. The summed E-state index contributed by atoms with van der Waals surface area (Å²) in [5.41, 5.74) is 2.22. The first-order valence-corrected chi connectivity index (χ1v) is 5.33. The van der Waals surface area contributed by atoms with Gasteiger partial charge in [-0.15, -0.1) is 4.68 Å². The molecule has 0 saturated carbocycles. The van der Waals surface area contributed by atoms with E-state index in [2.05, 4.69) is 0 Å². The number of hydrogen-bond donors (Lipinski definition) is 1. The van der Waals surface area contributed by atoms with Crippen LogP contribution in [0.25, 0.3) is 10.9 Å². The average Bonchev–Trinajstić information content (AvgIpc) is 2.51. The lowest BCUT2D eigenvalue weighted by Gasteiger charge is -2.11. The standard InChI is InChI=1S/C12H15N3O2/c1-13(2)8-5-6-10-9(7-8)11(12(16)17)15(4)14(10)3/h5-7H,1-4H3/p+1. The van der Waals surface area contributed by atoms with Gasteiger partial charge >= 0.3 is 11.7 Å². The maximum atomic E-state index is 11.3. The van der Waals surface area contributed by atoms with Crippen molar-refractivity contribution in [1.82, 2.24) is 4.68 Å². The van der Waals surface area contributed by atoms with Crippen LogP contribution in [0.3, 0.4) is 0 Å². The van der Waals surface area contributed by atoms with Gasteiger partial charge in [-0.25, -0.2) is 4.79 Å². The summed E-state index contributed by atoms with van der Waals surface area (Å²) in [5.74, 6) is -0.908. The molecule has 1 aromatic heterocycles. The number of aromatic carboxylic acids is 1. The number of fused-ring (bicyclic) bond motifs is 1. The molecule has 0 aliphatic carbocycles. The first-order valence-electron chi connectivity index (χ1n) is 5.33. The van der Waals surface area contributed by atoms with E-state index in [1.54, 1.807) is 11.7 Å². The topological polar surface area (TPSA) is 49.4 Å². The molecule has 0 aliphatic heterocycles. The Kier molecular flexibility index (Phi) is 2.53. The van der Waals surface area contributed by atoms with E-state index in [4.69, 9.17) is 0 Å². The van der Waals surface area contributed by atoms with E-state index in [1.165, 1.54) is 0 Å². The number of anilines is 1. The van der Waals surface area contributed by atoms with Crippen molar-refractivity contribution in [2.45, 2.75) is 0 Å². The van der Waals surface area contributed by atoms with Crippen LogP contribution in [0.4, 0.5) is 5.69 Å². The van der Waals surface area contributed by atoms with E-state index in [9.17, 15) is 9.90 Å². The number of nitrogens with zero attached hydrogens (tertiary/aromatic N) is 3. The smallest absolute Gasteiger partial charge is 0.404 e. The third kappa shape index (κ3) is 1.63. The minimum absolute atomic E-state index is 0.311. The molecule has 2 rings (SSSR count). The summed E-state index contributed by atoms with van der Waals surface area (Å²) < 4.78 is 3.48. The van der Waals surface area contributed by atoms with Crippen LogP contribution in [0.5, 0.6) is 0 Å². The third-order valence-electron chi connectivity index (χ3n) is 3.08. The number of benzene rings is 1. The van der Waals surface area contributed by atoms with Crippen molar-refractivity contribution < 1.29 is 14.6 Å². The van der Waals surface area contributed by atoms with E-state index in [0.29, 0.717) is 5.69 Å². The van der Waals surface area contributed by atoms with Gasteiger partial charge in [-0.3, -0.25) is 0 Å². The zero-order chi connectivity index (χ0) is 12.7. The molecular formula is C12H16N3O2+. The molecule has 0 saturated heterocycles. The number of aromatic nitrogens is 2. The summed E-state index contributed by atoms with van der Waals surface area (Å²) in [6.07, 6.45) is 0. The highest BCUT2D eigenvalue weighted by Gasteiger charge is 2.26. The van der Waals surface area contributed by atoms with Crippen molar-refractivity contribution in [3.8, 4) is 0 Å². The van der Waals surface area contributed by atoms with E-state index in [-0.39, 0.29) is 0 Å². The van der Waals surface area contributed by atoms with Gasteiger partial charge in [0.05, 0.1) is 12.4 Å². The normalized spacial score (nSPS) is 10.8. The summed E-state index contributed by atoms with van der Waals surface area (Å²) in [6, 6.07) is 5.82. The van der Waals surface area contributed by atoms with E-state index < -0.39 is 5.97 Å². The third-order valence-corrected chi connectivity index (χ3v) is 3.08. The van der Waals surface area contributed by atoms with Gasteiger partial charge in [-0.05, 0) is 18.2 Å². The lowest BCUT2D eigenvalue weighted by atomic mass is 10.2. The second kappa shape index (κ2) is 3.76. The van der Waals surface area contributed by atoms with E-state index in [1.807, 2.05) is 48.9 Å². The van der Waals surface area contributed by atoms with Gasteiger partial charge in [0.2, 0.25) is 0 Å². The Hall–Kier alpha value is -2.04. The predicted octanol–water partition coefficient (Wildman–Crippen LogP) is 0.767. The van der Waals surface area contributed by atoms with Gasteiger partial charge in [-0.2, -0.15) is 4.68 Å². The number of aryl methyl sites for hydroxylation is 1. The maximum absolute atomic E-state index is 11.3. The highest BCUT2D eigenvalue weighted by Crippen LogP contribution is 2.22. The van der Waals surface area contributed by atoms with Crippen LogP contribution in [-0.2, 0) is 14.1 Å². The van der Waals surface area contributed by atoms with Gasteiger partial charge in [0, 0.05) is 19.8 Å². The van der Waals surface area contributed by atoms with Crippen LogP contribution >= 0.6 is 0 Å². The Morgan fingerprint density at radius 3 is 2.59 bits per heavy atom. The lowest BCUT2D eigenvalue weighted by Crippen LogP contribution is -2.42. The second-order valence-corrected chi connectivity index (χ2v) is 4.30. The van der Waals surface area contributed by atoms with E-state index >= 15 is 0 Å². The zero-order valence-corrected chi connectivity index (χ0v) is 10.4. The minimum Gasteiger partial charge on any atom is -0.473 e. The number of rotatable bonds is 2. The fourth-order valence-electron chi connectivity index (χ4n) is 2.01. The summed E-state index contributed by atoms with van der Waals surface area (Å²) >= 11 is 0. The van der Waals surface area contributed by atoms with Gasteiger partial charge in [-0.1, -0.05) is 0 Å². The molecule has 0 bridgehead atoms. The van der Waals surface area contributed by atoms with Gasteiger partial charge < -0.3 is 10.0 Å². The van der Waals surface area contributed by atoms with Crippen molar-refractivity contribution in [1.29, 1.82) is 0 Å². The Bertz CT molecular complexity index is 599. The molecular weight excluding hydrogens is 218 g/mol. The van der Waals surface area contributed by atoms with Gasteiger partial charge in [0.25, 0.3) is 0 Å². The van der Waals surface area contributed by atoms with Gasteiger partial charge in [0.15, 0.2) is 7.05 Å². The average molecular weight is 234 g/mol. The number of carboxylic acid groups (broad SMARTS) is 1. The van der Waals surface area contributed by atoms with Crippen molar-refractivity contribution in [2.75, 3.05) is 19.0 Å². The van der Waals surface area contributed by atoms with Crippen LogP contribution < -0.4 is 9.58 Å². The molecule has 1 heterocycles. The van der Waals surface area contributed by atoms with Crippen LogP contribution in [0.2, 0.25) is 0 Å². The molecule has 0 atom stereocenters. The lowest BCUT2D eigenvalue weighted by molar-refractivity contribution is -0.750. The van der Waals surface area contributed by atoms with Crippen LogP contribution in [0.1, 0.15) is 10.5 Å². The Morgan fingerprint density at radius 2 is 2.06 bits per heavy atom. The SMILES string of the molecule is CN(C)c1ccc2c(c1)c(C(=O)O)[n+](C)n2C. The molecule has 1 aromatic carbocycles. The van der Waals surface area contributed by atoms with Crippen LogP contribution in [0.15, 0.2) is 18.2 Å².